The second kappa shape index (κ2) is 5.24. The number of nitrogens with zero attached hydrogens (tertiary/aromatic N) is 1. The van der Waals surface area contributed by atoms with Crippen molar-refractivity contribution in [3.8, 4) is 5.88 Å². The Morgan fingerprint density at radius 3 is 2.40 bits per heavy atom. The van der Waals surface area contributed by atoms with Crippen LogP contribution in [-0.4, -0.2) is 5.16 Å². The lowest BCUT2D eigenvalue weighted by atomic mass is 10.5. The fraction of sp³-hybridized carbons (Fsp3) is 0.500. The van der Waals surface area contributed by atoms with Crippen molar-refractivity contribution >= 4 is 9.47 Å². The minimum absolute atomic E-state index is 0.493. The van der Waals surface area contributed by atoms with Crippen molar-refractivity contribution in [2.75, 3.05) is 0 Å². The molecule has 0 radical (unpaired) electrons. The predicted octanol–water partition coefficient (Wildman–Crippen LogP) is 2.18. The highest BCUT2D eigenvalue weighted by Gasteiger charge is 1.94. The van der Waals surface area contributed by atoms with E-state index in [1.807, 2.05) is 13.8 Å². The first-order chi connectivity index (χ1) is 4.83. The van der Waals surface area contributed by atoms with E-state index in [0.717, 1.165) is 5.76 Å². The topological polar surface area (TPSA) is 35.3 Å². The molecular weight excluding hydrogens is 149 g/mol. The summed E-state index contributed by atoms with van der Waals surface area (Å²) in [6, 6.07) is 1.70. The Morgan fingerprint density at radius 1 is 1.60 bits per heavy atom. The van der Waals surface area contributed by atoms with E-state index in [1.165, 1.54) is 0 Å². The van der Waals surface area contributed by atoms with Crippen molar-refractivity contribution in [3.05, 3.63) is 11.8 Å². The van der Waals surface area contributed by atoms with Gasteiger partial charge in [0.2, 0.25) is 0 Å². The molecule has 1 unspecified atom stereocenters. The fourth-order valence-corrected chi connectivity index (χ4v) is 0.510. The maximum atomic E-state index is 4.67. The van der Waals surface area contributed by atoms with Gasteiger partial charge in [0, 0.05) is 6.07 Å². The molecular formula is C6H12NO2P. The van der Waals surface area contributed by atoms with Crippen LogP contribution in [0.15, 0.2) is 10.6 Å². The van der Waals surface area contributed by atoms with Gasteiger partial charge in [-0.25, -0.2) is 0 Å². The Morgan fingerprint density at radius 2 is 2.20 bits per heavy atom. The molecule has 58 valence electrons. The van der Waals surface area contributed by atoms with Crippen molar-refractivity contribution in [1.82, 2.24) is 5.16 Å². The molecule has 1 atom stereocenters. The monoisotopic (exact) mass is 161 g/mol. The summed E-state index contributed by atoms with van der Waals surface area (Å²) < 4.78 is 9.31. The van der Waals surface area contributed by atoms with E-state index < -0.39 is 0 Å². The number of aryl methyl sites for hydroxylation is 1. The average Bonchev–Trinajstić information content (AvgIpc) is 2.40. The van der Waals surface area contributed by atoms with E-state index in [1.54, 1.807) is 13.0 Å². The highest BCUT2D eigenvalue weighted by Crippen LogP contribution is 2.11. The molecule has 0 aliphatic carbocycles. The lowest BCUT2D eigenvalue weighted by molar-refractivity contribution is 0.378. The van der Waals surface area contributed by atoms with Crippen molar-refractivity contribution < 1.29 is 9.05 Å². The molecule has 1 heterocycles. The fourth-order valence-electron chi connectivity index (χ4n) is 0.399. The van der Waals surface area contributed by atoms with Gasteiger partial charge in [-0.15, -0.1) is 0 Å². The van der Waals surface area contributed by atoms with E-state index in [9.17, 15) is 0 Å². The SMILES string of the molecule is CC.Cc1cc(OP)no1. The lowest BCUT2D eigenvalue weighted by Crippen LogP contribution is -1.67. The van der Waals surface area contributed by atoms with Crippen molar-refractivity contribution in [2.45, 2.75) is 20.8 Å². The van der Waals surface area contributed by atoms with Crippen LogP contribution in [0.25, 0.3) is 0 Å². The first-order valence-electron chi connectivity index (χ1n) is 3.13. The van der Waals surface area contributed by atoms with Gasteiger partial charge in [-0.3, -0.25) is 0 Å². The van der Waals surface area contributed by atoms with Crippen LogP contribution in [0.5, 0.6) is 5.88 Å². The summed E-state index contributed by atoms with van der Waals surface area (Å²) in [6.45, 7) is 5.81. The molecule has 0 aliphatic rings. The van der Waals surface area contributed by atoms with Crippen LogP contribution in [0.4, 0.5) is 0 Å². The zero-order valence-corrected chi connectivity index (χ0v) is 7.57. The molecule has 1 aromatic heterocycles. The molecule has 1 aromatic rings. The minimum Gasteiger partial charge on any atom is -0.461 e. The number of hydrogen-bond donors (Lipinski definition) is 0. The van der Waals surface area contributed by atoms with Crippen molar-refractivity contribution in [1.29, 1.82) is 0 Å². The molecule has 0 amide bonds. The molecule has 3 nitrogen and oxygen atoms in total. The van der Waals surface area contributed by atoms with Gasteiger partial charge < -0.3 is 9.05 Å². The maximum absolute atomic E-state index is 4.67. The van der Waals surface area contributed by atoms with Gasteiger partial charge in [-0.05, 0) is 12.1 Å². The van der Waals surface area contributed by atoms with Gasteiger partial charge >= 0.3 is 0 Å². The summed E-state index contributed by atoms with van der Waals surface area (Å²) in [5.41, 5.74) is 0. The summed E-state index contributed by atoms with van der Waals surface area (Å²) in [6.07, 6.45) is 0. The predicted molar refractivity (Wildman–Crippen MR) is 42.9 cm³/mol. The molecule has 10 heavy (non-hydrogen) atoms. The molecule has 0 fully saturated rings. The van der Waals surface area contributed by atoms with E-state index in [4.69, 9.17) is 0 Å². The van der Waals surface area contributed by atoms with Crippen molar-refractivity contribution in [3.63, 3.8) is 0 Å². The molecule has 0 N–H and O–H groups in total. The Labute approximate surface area is 63.0 Å². The molecule has 0 spiro atoms. The quantitative estimate of drug-likeness (QED) is 0.592. The van der Waals surface area contributed by atoms with Crippen LogP contribution in [0.2, 0.25) is 0 Å². The molecule has 0 bridgehead atoms. The highest BCUT2D eigenvalue weighted by molar-refractivity contribution is 7.10. The molecule has 0 saturated carbocycles. The van der Waals surface area contributed by atoms with Gasteiger partial charge in [-0.2, -0.15) is 0 Å². The maximum Gasteiger partial charge on any atom is 0.256 e. The van der Waals surface area contributed by atoms with Gasteiger partial charge in [0.15, 0.2) is 0 Å². The van der Waals surface area contributed by atoms with E-state index in [0.29, 0.717) is 5.88 Å². The van der Waals surface area contributed by atoms with Crippen LogP contribution in [0.1, 0.15) is 19.6 Å². The first-order valence-corrected chi connectivity index (χ1v) is 3.60. The van der Waals surface area contributed by atoms with Crippen LogP contribution in [0.3, 0.4) is 0 Å². The number of hydrogen-bond acceptors (Lipinski definition) is 3. The molecule has 0 aromatic carbocycles. The van der Waals surface area contributed by atoms with Crippen LogP contribution in [-0.2, 0) is 0 Å². The summed E-state index contributed by atoms with van der Waals surface area (Å²) in [5, 5.41) is 3.52. The van der Waals surface area contributed by atoms with Gasteiger partial charge in [-0.1, -0.05) is 13.8 Å². The summed E-state index contributed by atoms with van der Waals surface area (Å²) in [5.74, 6) is 1.25. The zero-order valence-electron chi connectivity index (χ0n) is 6.42. The average molecular weight is 161 g/mol. The third-order valence-electron chi connectivity index (χ3n) is 0.727. The molecule has 0 aliphatic heterocycles. The van der Waals surface area contributed by atoms with E-state index in [-0.39, 0.29) is 0 Å². The summed E-state index contributed by atoms with van der Waals surface area (Å²) in [7, 11) is 2.08. The standard InChI is InChI=1S/C4H6NO2P.C2H6/c1-3-2-4(7-8)5-6-3;1-2/h2H,8H2,1H3;1-2H3. The molecule has 4 heteroatoms. The second-order valence-electron chi connectivity index (χ2n) is 1.39. The minimum atomic E-state index is 0.493. The summed E-state index contributed by atoms with van der Waals surface area (Å²) in [4.78, 5) is 0. The van der Waals surface area contributed by atoms with Crippen LogP contribution >= 0.6 is 9.47 Å². The smallest absolute Gasteiger partial charge is 0.256 e. The summed E-state index contributed by atoms with van der Waals surface area (Å²) >= 11 is 0. The lowest BCUT2D eigenvalue weighted by Gasteiger charge is -1.82. The largest absolute Gasteiger partial charge is 0.461 e. The molecule has 0 saturated heterocycles. The third kappa shape index (κ3) is 2.83. The second-order valence-corrected chi connectivity index (χ2v) is 1.63. The number of aromatic nitrogens is 1. The molecule has 1 rings (SSSR count). The van der Waals surface area contributed by atoms with Gasteiger partial charge in [0.05, 0.1) is 9.47 Å². The first kappa shape index (κ1) is 9.44. The van der Waals surface area contributed by atoms with Crippen molar-refractivity contribution in [2.24, 2.45) is 0 Å². The van der Waals surface area contributed by atoms with Crippen LogP contribution in [0, 0.1) is 6.92 Å². The Balaban J connectivity index is 0.000000371. The van der Waals surface area contributed by atoms with Gasteiger partial charge in [0.25, 0.3) is 5.88 Å². The Kier molecular flexibility index (Phi) is 4.95. The normalized spacial score (nSPS) is 8.00. The van der Waals surface area contributed by atoms with E-state index in [2.05, 4.69) is 23.7 Å². The Bertz CT molecular complexity index is 176. The Hall–Kier alpha value is -0.560. The van der Waals surface area contributed by atoms with E-state index >= 15 is 0 Å². The highest BCUT2D eigenvalue weighted by atomic mass is 31.0. The van der Waals surface area contributed by atoms with Crippen LogP contribution < -0.4 is 4.52 Å². The zero-order chi connectivity index (χ0) is 7.98. The third-order valence-corrected chi connectivity index (χ3v) is 0.969. The number of rotatable bonds is 1. The van der Waals surface area contributed by atoms with Gasteiger partial charge in [0.1, 0.15) is 5.76 Å².